The second-order valence-corrected chi connectivity index (χ2v) is 5.00. The highest BCUT2D eigenvalue weighted by Crippen LogP contribution is 2.28. The van der Waals surface area contributed by atoms with Crippen molar-refractivity contribution in [3.63, 3.8) is 0 Å². The highest BCUT2D eigenvalue weighted by Gasteiger charge is 2.01. The molecule has 0 amide bonds. The number of nitrogens with one attached hydrogen (secondary N) is 1. The molecule has 1 aromatic heterocycles. The molecule has 0 aliphatic carbocycles. The summed E-state index contributed by atoms with van der Waals surface area (Å²) in [6.07, 6.45) is 1.62. The quantitative estimate of drug-likeness (QED) is 0.869. The molecule has 0 radical (unpaired) electrons. The second kappa shape index (κ2) is 4.84. The number of nitrogens with two attached hydrogens (primary N) is 1. The van der Waals surface area contributed by atoms with Gasteiger partial charge in [0.25, 0.3) is 0 Å². The van der Waals surface area contributed by atoms with E-state index in [1.54, 1.807) is 12.3 Å². The summed E-state index contributed by atoms with van der Waals surface area (Å²) in [5, 5.41) is 3.20. The lowest BCUT2D eigenvalue weighted by molar-refractivity contribution is 1.31. The average Bonchev–Trinajstić information content (AvgIpc) is 2.27. The van der Waals surface area contributed by atoms with Crippen LogP contribution in [0.2, 0.25) is 0 Å². The maximum Gasteiger partial charge on any atom is 0.130 e. The number of anilines is 3. The van der Waals surface area contributed by atoms with E-state index in [1.165, 1.54) is 0 Å². The normalized spacial score (nSPS) is 10.1. The van der Waals surface area contributed by atoms with Crippen molar-refractivity contribution in [2.75, 3.05) is 11.1 Å². The molecule has 0 saturated heterocycles. The van der Waals surface area contributed by atoms with E-state index in [0.717, 1.165) is 20.5 Å². The van der Waals surface area contributed by atoms with Crippen LogP contribution in [0.15, 0.2) is 45.5 Å². The van der Waals surface area contributed by atoms with Crippen molar-refractivity contribution in [3.8, 4) is 0 Å². The third-order valence-corrected chi connectivity index (χ3v) is 3.16. The van der Waals surface area contributed by atoms with Gasteiger partial charge in [0.2, 0.25) is 0 Å². The van der Waals surface area contributed by atoms with Crippen molar-refractivity contribution in [1.82, 2.24) is 4.98 Å². The number of nitrogens with zero attached hydrogens (tertiary/aromatic N) is 1. The fraction of sp³-hybridized carbons (Fsp3) is 0. The molecule has 82 valence electrons. The fourth-order valence-corrected chi connectivity index (χ4v) is 1.92. The molecule has 1 heterocycles. The van der Waals surface area contributed by atoms with Crippen LogP contribution in [0.4, 0.5) is 17.2 Å². The van der Waals surface area contributed by atoms with Gasteiger partial charge in [0.05, 0.1) is 17.6 Å². The largest absolute Gasteiger partial charge is 0.397 e. The van der Waals surface area contributed by atoms with E-state index in [4.69, 9.17) is 5.73 Å². The standard InChI is InChI=1S/C11H9Br2N3/c12-7-1-3-9(13)10(5-7)16-11-4-2-8(14)6-15-11/h1-6H,14H2,(H,15,16). The van der Waals surface area contributed by atoms with Crippen LogP contribution < -0.4 is 11.1 Å². The topological polar surface area (TPSA) is 50.9 Å². The molecule has 0 unspecified atom stereocenters. The molecule has 5 heteroatoms. The van der Waals surface area contributed by atoms with Crippen molar-refractivity contribution in [3.05, 3.63) is 45.5 Å². The molecule has 16 heavy (non-hydrogen) atoms. The Morgan fingerprint density at radius 2 is 1.94 bits per heavy atom. The molecule has 3 nitrogen and oxygen atoms in total. The number of rotatable bonds is 2. The van der Waals surface area contributed by atoms with Crippen LogP contribution in [0.3, 0.4) is 0 Å². The molecule has 0 atom stereocenters. The summed E-state index contributed by atoms with van der Waals surface area (Å²) in [5.41, 5.74) is 7.17. The molecule has 2 aromatic rings. The Morgan fingerprint density at radius 1 is 1.12 bits per heavy atom. The van der Waals surface area contributed by atoms with Gasteiger partial charge in [-0.25, -0.2) is 4.98 Å². The first-order valence-corrected chi connectivity index (χ1v) is 6.17. The Balaban J connectivity index is 2.26. The molecule has 0 saturated carbocycles. The van der Waals surface area contributed by atoms with Gasteiger partial charge in [-0.1, -0.05) is 15.9 Å². The van der Waals surface area contributed by atoms with E-state index in [2.05, 4.69) is 42.2 Å². The first-order chi connectivity index (χ1) is 7.65. The van der Waals surface area contributed by atoms with Crippen LogP contribution in [0.5, 0.6) is 0 Å². The summed E-state index contributed by atoms with van der Waals surface area (Å²) in [4.78, 5) is 4.17. The molecular formula is C11H9Br2N3. The Bertz CT molecular complexity index is 497. The molecule has 0 spiro atoms. The first-order valence-electron chi connectivity index (χ1n) is 4.59. The van der Waals surface area contributed by atoms with E-state index in [1.807, 2.05) is 24.3 Å². The summed E-state index contributed by atoms with van der Waals surface area (Å²) >= 11 is 6.89. The minimum absolute atomic E-state index is 0.652. The van der Waals surface area contributed by atoms with Crippen LogP contribution in [0.25, 0.3) is 0 Å². The maximum absolute atomic E-state index is 5.57. The van der Waals surface area contributed by atoms with E-state index in [-0.39, 0.29) is 0 Å². The van der Waals surface area contributed by atoms with Gasteiger partial charge in [0.15, 0.2) is 0 Å². The lowest BCUT2D eigenvalue weighted by Gasteiger charge is -2.08. The van der Waals surface area contributed by atoms with Gasteiger partial charge in [0, 0.05) is 8.95 Å². The number of halogens is 2. The number of aromatic nitrogens is 1. The van der Waals surface area contributed by atoms with E-state index in [9.17, 15) is 0 Å². The zero-order valence-corrected chi connectivity index (χ0v) is 11.4. The van der Waals surface area contributed by atoms with Gasteiger partial charge >= 0.3 is 0 Å². The van der Waals surface area contributed by atoms with Gasteiger partial charge in [-0.05, 0) is 46.3 Å². The first kappa shape index (κ1) is 11.4. The van der Waals surface area contributed by atoms with E-state index >= 15 is 0 Å². The van der Waals surface area contributed by atoms with Crippen LogP contribution in [-0.4, -0.2) is 4.98 Å². The Hall–Kier alpha value is -1.07. The van der Waals surface area contributed by atoms with E-state index in [0.29, 0.717) is 5.69 Å². The number of pyridine rings is 1. The third-order valence-electron chi connectivity index (χ3n) is 1.98. The van der Waals surface area contributed by atoms with Crippen molar-refractivity contribution in [1.29, 1.82) is 0 Å². The van der Waals surface area contributed by atoms with Crippen LogP contribution >= 0.6 is 31.9 Å². The minimum atomic E-state index is 0.652. The van der Waals surface area contributed by atoms with Gasteiger partial charge in [0.1, 0.15) is 5.82 Å². The van der Waals surface area contributed by atoms with Gasteiger partial charge in [-0.3, -0.25) is 0 Å². The summed E-state index contributed by atoms with van der Waals surface area (Å²) in [5.74, 6) is 0.757. The van der Waals surface area contributed by atoms with Gasteiger partial charge in [-0.15, -0.1) is 0 Å². The lowest BCUT2D eigenvalue weighted by Crippen LogP contribution is -1.95. The summed E-state index contributed by atoms with van der Waals surface area (Å²) in [6.45, 7) is 0. The number of benzene rings is 1. The minimum Gasteiger partial charge on any atom is -0.397 e. The maximum atomic E-state index is 5.57. The highest BCUT2D eigenvalue weighted by molar-refractivity contribution is 9.11. The number of hydrogen-bond donors (Lipinski definition) is 2. The van der Waals surface area contributed by atoms with Crippen molar-refractivity contribution < 1.29 is 0 Å². The second-order valence-electron chi connectivity index (χ2n) is 3.23. The predicted octanol–water partition coefficient (Wildman–Crippen LogP) is 3.93. The molecule has 0 fully saturated rings. The van der Waals surface area contributed by atoms with Gasteiger partial charge in [-0.2, -0.15) is 0 Å². The van der Waals surface area contributed by atoms with Crippen molar-refractivity contribution >= 4 is 49.1 Å². The molecule has 3 N–H and O–H groups in total. The van der Waals surface area contributed by atoms with E-state index < -0.39 is 0 Å². The monoisotopic (exact) mass is 341 g/mol. The smallest absolute Gasteiger partial charge is 0.130 e. The van der Waals surface area contributed by atoms with Crippen molar-refractivity contribution in [2.24, 2.45) is 0 Å². The lowest BCUT2D eigenvalue weighted by atomic mass is 10.3. The Morgan fingerprint density at radius 3 is 2.62 bits per heavy atom. The fourth-order valence-electron chi connectivity index (χ4n) is 1.21. The number of hydrogen-bond acceptors (Lipinski definition) is 3. The van der Waals surface area contributed by atoms with Gasteiger partial charge < -0.3 is 11.1 Å². The molecule has 1 aromatic carbocycles. The summed E-state index contributed by atoms with van der Waals surface area (Å²) in [7, 11) is 0. The van der Waals surface area contributed by atoms with Crippen LogP contribution in [-0.2, 0) is 0 Å². The molecule has 2 rings (SSSR count). The molecular weight excluding hydrogens is 334 g/mol. The zero-order chi connectivity index (χ0) is 11.5. The predicted molar refractivity (Wildman–Crippen MR) is 73.8 cm³/mol. The zero-order valence-electron chi connectivity index (χ0n) is 8.24. The van der Waals surface area contributed by atoms with Crippen LogP contribution in [0.1, 0.15) is 0 Å². The van der Waals surface area contributed by atoms with Crippen LogP contribution in [0, 0.1) is 0 Å². The third kappa shape index (κ3) is 2.74. The Kier molecular flexibility index (Phi) is 3.46. The summed E-state index contributed by atoms with van der Waals surface area (Å²) in [6, 6.07) is 9.54. The molecule has 0 aliphatic heterocycles. The highest BCUT2D eigenvalue weighted by atomic mass is 79.9. The molecule has 0 bridgehead atoms. The molecule has 0 aliphatic rings. The number of nitrogen functional groups attached to an aromatic ring is 1. The SMILES string of the molecule is Nc1ccc(Nc2cc(Br)ccc2Br)nc1. The van der Waals surface area contributed by atoms with Crippen molar-refractivity contribution in [2.45, 2.75) is 0 Å². The summed E-state index contributed by atoms with van der Waals surface area (Å²) < 4.78 is 1.99. The Labute approximate surface area is 110 Å². The average molecular weight is 343 g/mol.